The number of aliphatic hydroxyl groups excluding tert-OH is 1. The van der Waals surface area contributed by atoms with Gasteiger partial charge in [-0.1, -0.05) is 6.07 Å². The monoisotopic (exact) mass is 236 g/mol. The quantitative estimate of drug-likeness (QED) is 0.797. The molecule has 0 atom stereocenters. The van der Waals surface area contributed by atoms with Crippen LogP contribution in [0.1, 0.15) is 29.8 Å². The molecule has 0 aliphatic carbocycles. The van der Waals surface area contributed by atoms with Crippen molar-refractivity contribution in [1.29, 1.82) is 0 Å². The summed E-state index contributed by atoms with van der Waals surface area (Å²) in [7, 11) is 2.05. The molecule has 0 unspecified atom stereocenters. The molecule has 0 spiro atoms. The van der Waals surface area contributed by atoms with E-state index < -0.39 is 5.60 Å². The lowest BCUT2D eigenvalue weighted by Gasteiger charge is -2.37. The van der Waals surface area contributed by atoms with Crippen LogP contribution in [-0.4, -0.2) is 40.2 Å². The first-order valence-corrected chi connectivity index (χ1v) is 6.04. The average molecular weight is 236 g/mol. The summed E-state index contributed by atoms with van der Waals surface area (Å²) in [6.07, 6.45) is 1.35. The van der Waals surface area contributed by atoms with E-state index in [2.05, 4.69) is 16.9 Å². The van der Waals surface area contributed by atoms with Crippen molar-refractivity contribution in [3.05, 3.63) is 29.1 Å². The number of piperidine rings is 1. The molecule has 1 aliphatic rings. The maximum atomic E-state index is 10.7. The number of pyridine rings is 1. The van der Waals surface area contributed by atoms with Crippen LogP contribution in [0, 0.1) is 6.92 Å². The van der Waals surface area contributed by atoms with Crippen molar-refractivity contribution in [2.75, 3.05) is 20.1 Å². The van der Waals surface area contributed by atoms with Gasteiger partial charge in [-0.25, -0.2) is 0 Å². The highest BCUT2D eigenvalue weighted by Crippen LogP contribution is 2.33. The molecule has 1 aliphatic heterocycles. The molecule has 0 aromatic carbocycles. The van der Waals surface area contributed by atoms with Gasteiger partial charge in [-0.15, -0.1) is 0 Å². The fraction of sp³-hybridized carbons (Fsp3) is 0.615. The van der Waals surface area contributed by atoms with Crippen molar-refractivity contribution in [3.8, 4) is 0 Å². The largest absolute Gasteiger partial charge is 0.392 e. The van der Waals surface area contributed by atoms with E-state index in [9.17, 15) is 10.2 Å². The van der Waals surface area contributed by atoms with E-state index in [-0.39, 0.29) is 6.61 Å². The number of aryl methyl sites for hydroxylation is 1. The molecule has 4 nitrogen and oxygen atoms in total. The molecule has 0 saturated carbocycles. The predicted molar refractivity (Wildman–Crippen MR) is 65.5 cm³/mol. The predicted octanol–water partition coefficient (Wildman–Crippen LogP) is 0.796. The van der Waals surface area contributed by atoms with Crippen molar-refractivity contribution < 1.29 is 10.2 Å². The van der Waals surface area contributed by atoms with Gasteiger partial charge in [0.1, 0.15) is 5.60 Å². The molecule has 0 bridgehead atoms. The molecule has 4 heteroatoms. The van der Waals surface area contributed by atoms with Crippen molar-refractivity contribution in [2.45, 2.75) is 32.0 Å². The second-order valence-electron chi connectivity index (χ2n) is 4.95. The van der Waals surface area contributed by atoms with Gasteiger partial charge < -0.3 is 15.1 Å². The molecular formula is C13H20N2O2. The Labute approximate surface area is 102 Å². The maximum Gasteiger partial charge on any atom is 0.109 e. The van der Waals surface area contributed by atoms with Crippen LogP contribution >= 0.6 is 0 Å². The minimum atomic E-state index is -0.878. The van der Waals surface area contributed by atoms with Crippen LogP contribution < -0.4 is 0 Å². The minimum Gasteiger partial charge on any atom is -0.392 e. The van der Waals surface area contributed by atoms with E-state index in [0.29, 0.717) is 18.5 Å². The van der Waals surface area contributed by atoms with Gasteiger partial charge in [-0.2, -0.15) is 0 Å². The summed E-state index contributed by atoms with van der Waals surface area (Å²) in [4.78, 5) is 6.63. The van der Waals surface area contributed by atoms with E-state index in [0.717, 1.165) is 24.3 Å². The van der Waals surface area contributed by atoms with Crippen molar-refractivity contribution >= 4 is 0 Å². The summed E-state index contributed by atoms with van der Waals surface area (Å²) in [5, 5.41) is 20.0. The molecule has 2 rings (SSSR count). The van der Waals surface area contributed by atoms with Crippen LogP contribution in [0.5, 0.6) is 0 Å². The molecule has 2 N–H and O–H groups in total. The second kappa shape index (κ2) is 4.72. The Hall–Kier alpha value is -0.970. The number of hydrogen-bond donors (Lipinski definition) is 2. The van der Waals surface area contributed by atoms with Gasteiger partial charge in [0.15, 0.2) is 0 Å². The summed E-state index contributed by atoms with van der Waals surface area (Å²) in [5.41, 5.74) is 1.40. The SMILES string of the molecule is Cc1ccc(CO)c(C2(O)CCN(C)CC2)n1. The number of aromatic nitrogens is 1. The van der Waals surface area contributed by atoms with E-state index in [1.807, 2.05) is 19.1 Å². The third-order valence-corrected chi connectivity index (χ3v) is 3.54. The Morgan fingerprint density at radius 3 is 2.59 bits per heavy atom. The summed E-state index contributed by atoms with van der Waals surface area (Å²) in [5.74, 6) is 0. The zero-order valence-electron chi connectivity index (χ0n) is 10.5. The normalized spacial score (nSPS) is 20.5. The lowest BCUT2D eigenvalue weighted by atomic mass is 9.85. The van der Waals surface area contributed by atoms with Crippen LogP contribution in [0.25, 0.3) is 0 Å². The Kier molecular flexibility index (Phi) is 3.47. The highest BCUT2D eigenvalue weighted by atomic mass is 16.3. The first kappa shape index (κ1) is 12.5. The van der Waals surface area contributed by atoms with Crippen LogP contribution in [0.3, 0.4) is 0 Å². The van der Waals surface area contributed by atoms with E-state index >= 15 is 0 Å². The zero-order chi connectivity index (χ0) is 12.5. The molecule has 94 valence electrons. The van der Waals surface area contributed by atoms with Gasteiger partial charge in [0, 0.05) is 24.3 Å². The van der Waals surface area contributed by atoms with Crippen molar-refractivity contribution in [1.82, 2.24) is 9.88 Å². The third-order valence-electron chi connectivity index (χ3n) is 3.54. The molecule has 1 fully saturated rings. The van der Waals surface area contributed by atoms with E-state index in [1.165, 1.54) is 0 Å². The number of aliphatic hydroxyl groups is 2. The van der Waals surface area contributed by atoms with Gasteiger partial charge in [0.05, 0.1) is 12.3 Å². The molecule has 0 radical (unpaired) electrons. The van der Waals surface area contributed by atoms with E-state index in [4.69, 9.17) is 0 Å². The molecular weight excluding hydrogens is 216 g/mol. The molecule has 0 amide bonds. The first-order chi connectivity index (χ1) is 8.05. The molecule has 2 heterocycles. The van der Waals surface area contributed by atoms with Gasteiger partial charge in [-0.3, -0.25) is 4.98 Å². The van der Waals surface area contributed by atoms with Gasteiger partial charge in [0.25, 0.3) is 0 Å². The maximum absolute atomic E-state index is 10.7. The van der Waals surface area contributed by atoms with Crippen molar-refractivity contribution in [3.63, 3.8) is 0 Å². The molecule has 1 aromatic rings. The van der Waals surface area contributed by atoms with Crippen LogP contribution in [0.15, 0.2) is 12.1 Å². The number of nitrogens with zero attached hydrogens (tertiary/aromatic N) is 2. The number of hydrogen-bond acceptors (Lipinski definition) is 4. The Balaban J connectivity index is 2.34. The Morgan fingerprint density at radius 1 is 1.35 bits per heavy atom. The average Bonchev–Trinajstić information content (AvgIpc) is 2.33. The fourth-order valence-corrected chi connectivity index (χ4v) is 2.34. The zero-order valence-corrected chi connectivity index (χ0v) is 10.5. The summed E-state index contributed by atoms with van der Waals surface area (Å²) in [6, 6.07) is 3.72. The van der Waals surface area contributed by atoms with Gasteiger partial charge >= 0.3 is 0 Å². The van der Waals surface area contributed by atoms with Crippen LogP contribution in [0.4, 0.5) is 0 Å². The smallest absolute Gasteiger partial charge is 0.109 e. The highest BCUT2D eigenvalue weighted by Gasteiger charge is 2.36. The molecule has 1 saturated heterocycles. The Morgan fingerprint density at radius 2 is 2.00 bits per heavy atom. The third kappa shape index (κ3) is 2.49. The standard InChI is InChI=1S/C13H20N2O2/c1-10-3-4-11(9-16)12(14-10)13(17)5-7-15(2)8-6-13/h3-4,16-17H,5-9H2,1-2H3. The Bertz CT molecular complexity index is 398. The second-order valence-corrected chi connectivity index (χ2v) is 4.95. The molecule has 17 heavy (non-hydrogen) atoms. The van der Waals surface area contributed by atoms with Crippen LogP contribution in [-0.2, 0) is 12.2 Å². The van der Waals surface area contributed by atoms with Gasteiger partial charge in [-0.05, 0) is 32.9 Å². The number of rotatable bonds is 2. The van der Waals surface area contributed by atoms with Crippen molar-refractivity contribution in [2.24, 2.45) is 0 Å². The van der Waals surface area contributed by atoms with Gasteiger partial charge in [0.2, 0.25) is 0 Å². The summed E-state index contributed by atoms with van der Waals surface area (Å²) in [6.45, 7) is 3.55. The minimum absolute atomic E-state index is 0.0687. The number of likely N-dealkylation sites (tertiary alicyclic amines) is 1. The van der Waals surface area contributed by atoms with Crippen LogP contribution in [0.2, 0.25) is 0 Å². The first-order valence-electron chi connectivity index (χ1n) is 6.04. The molecule has 1 aromatic heterocycles. The lowest BCUT2D eigenvalue weighted by Crippen LogP contribution is -2.42. The summed E-state index contributed by atoms with van der Waals surface area (Å²) >= 11 is 0. The summed E-state index contributed by atoms with van der Waals surface area (Å²) < 4.78 is 0. The highest BCUT2D eigenvalue weighted by molar-refractivity contribution is 5.27. The van der Waals surface area contributed by atoms with E-state index in [1.54, 1.807) is 0 Å². The topological polar surface area (TPSA) is 56.6 Å². The fourth-order valence-electron chi connectivity index (χ4n) is 2.34. The lowest BCUT2D eigenvalue weighted by molar-refractivity contribution is -0.0254.